The second-order valence-electron chi connectivity index (χ2n) is 4.50. The molecule has 0 atom stereocenters. The predicted octanol–water partition coefficient (Wildman–Crippen LogP) is 2.94. The minimum Gasteiger partial charge on any atom is -0.382 e. The molecule has 0 spiro atoms. The number of hydrogen-bond donors (Lipinski definition) is 0. The Labute approximate surface area is 122 Å². The van der Waals surface area contributed by atoms with Gasteiger partial charge in [0.25, 0.3) is 0 Å². The highest BCUT2D eigenvalue weighted by Crippen LogP contribution is 2.18. The molecular formula is C15H13FO4S. The van der Waals surface area contributed by atoms with E-state index in [0.29, 0.717) is 11.1 Å². The summed E-state index contributed by atoms with van der Waals surface area (Å²) in [5.74, 6) is -0.926. The van der Waals surface area contributed by atoms with Gasteiger partial charge in [0.05, 0.1) is 0 Å². The van der Waals surface area contributed by atoms with Crippen molar-refractivity contribution < 1.29 is 21.8 Å². The van der Waals surface area contributed by atoms with E-state index in [1.807, 2.05) is 0 Å². The maximum absolute atomic E-state index is 12.8. The highest BCUT2D eigenvalue weighted by Gasteiger charge is 2.15. The van der Waals surface area contributed by atoms with Crippen molar-refractivity contribution in [3.05, 3.63) is 65.5 Å². The molecule has 0 aliphatic carbocycles. The molecule has 0 radical (unpaired) electrons. The lowest BCUT2D eigenvalue weighted by atomic mass is 10.1. The molecule has 110 valence electrons. The van der Waals surface area contributed by atoms with Gasteiger partial charge in [-0.25, -0.2) is 4.39 Å². The highest BCUT2D eigenvalue weighted by molar-refractivity contribution is 7.86. The minimum absolute atomic E-state index is 0.0739. The van der Waals surface area contributed by atoms with Crippen molar-refractivity contribution in [1.82, 2.24) is 0 Å². The summed E-state index contributed by atoms with van der Waals surface area (Å²) in [4.78, 5) is 11.2. The number of carbonyl (C=O) groups is 1. The van der Waals surface area contributed by atoms with Crippen LogP contribution in [0.5, 0.6) is 5.75 Å². The summed E-state index contributed by atoms with van der Waals surface area (Å²) in [5.41, 5.74) is 0.781. The zero-order valence-electron chi connectivity index (χ0n) is 11.2. The van der Waals surface area contributed by atoms with Crippen molar-refractivity contribution in [3.63, 3.8) is 0 Å². The molecule has 0 saturated heterocycles. The number of rotatable bonds is 5. The van der Waals surface area contributed by atoms with Gasteiger partial charge in [-0.3, -0.25) is 4.79 Å². The minimum atomic E-state index is -3.88. The van der Waals surface area contributed by atoms with E-state index in [4.69, 9.17) is 4.18 Å². The second-order valence-corrected chi connectivity index (χ2v) is 6.07. The lowest BCUT2D eigenvalue weighted by Gasteiger charge is -2.08. The fourth-order valence-corrected chi connectivity index (χ4v) is 2.78. The van der Waals surface area contributed by atoms with Gasteiger partial charge in [0.2, 0.25) is 0 Å². The zero-order chi connectivity index (χ0) is 15.5. The van der Waals surface area contributed by atoms with Crippen LogP contribution in [0.1, 0.15) is 22.8 Å². The van der Waals surface area contributed by atoms with Gasteiger partial charge >= 0.3 is 10.1 Å². The van der Waals surface area contributed by atoms with Crippen molar-refractivity contribution in [2.45, 2.75) is 12.7 Å². The second kappa shape index (κ2) is 6.05. The lowest BCUT2D eigenvalue weighted by molar-refractivity contribution is 0.101. The monoisotopic (exact) mass is 308 g/mol. The van der Waals surface area contributed by atoms with Gasteiger partial charge < -0.3 is 4.18 Å². The normalized spacial score (nSPS) is 11.1. The Bertz CT molecular complexity index is 751. The third-order valence-electron chi connectivity index (χ3n) is 2.72. The summed E-state index contributed by atoms with van der Waals surface area (Å²) in [5, 5.41) is 0. The molecule has 0 aliphatic heterocycles. The molecule has 0 unspecified atom stereocenters. The van der Waals surface area contributed by atoms with Crippen molar-refractivity contribution in [2.75, 3.05) is 0 Å². The summed E-state index contributed by atoms with van der Waals surface area (Å²) in [6, 6.07) is 11.0. The first-order valence-electron chi connectivity index (χ1n) is 6.13. The number of hydrogen-bond acceptors (Lipinski definition) is 4. The standard InChI is InChI=1S/C15H13FO4S/c1-11(17)13-3-2-4-15(9-13)20-21(18,19)10-12-5-7-14(16)8-6-12/h2-9H,10H2,1H3. The summed E-state index contributed by atoms with van der Waals surface area (Å²) in [7, 11) is -3.88. The van der Waals surface area contributed by atoms with Crippen LogP contribution in [0.4, 0.5) is 4.39 Å². The highest BCUT2D eigenvalue weighted by atomic mass is 32.2. The smallest absolute Gasteiger partial charge is 0.313 e. The molecule has 0 aliphatic rings. The van der Waals surface area contributed by atoms with Gasteiger partial charge in [0, 0.05) is 5.56 Å². The Morgan fingerprint density at radius 2 is 1.81 bits per heavy atom. The molecule has 0 saturated carbocycles. The van der Waals surface area contributed by atoms with Gasteiger partial charge in [-0.05, 0) is 36.8 Å². The number of carbonyl (C=O) groups excluding carboxylic acids is 1. The van der Waals surface area contributed by atoms with E-state index in [0.717, 1.165) is 0 Å². The molecule has 4 nitrogen and oxygen atoms in total. The molecule has 6 heteroatoms. The molecular weight excluding hydrogens is 295 g/mol. The van der Waals surface area contributed by atoms with Crippen LogP contribution in [0.2, 0.25) is 0 Å². The molecule has 0 bridgehead atoms. The van der Waals surface area contributed by atoms with Crippen LogP contribution in [0.15, 0.2) is 48.5 Å². The zero-order valence-corrected chi connectivity index (χ0v) is 12.1. The number of halogens is 1. The fraction of sp³-hybridized carbons (Fsp3) is 0.133. The van der Waals surface area contributed by atoms with Crippen molar-refractivity contribution in [1.29, 1.82) is 0 Å². The van der Waals surface area contributed by atoms with Crippen molar-refractivity contribution >= 4 is 15.9 Å². The molecule has 0 N–H and O–H groups in total. The fourth-order valence-electron chi connectivity index (χ4n) is 1.73. The molecule has 2 aromatic rings. The summed E-state index contributed by atoms with van der Waals surface area (Å²) in [6.07, 6.45) is 0. The first-order valence-corrected chi connectivity index (χ1v) is 7.71. The Kier molecular flexibility index (Phi) is 4.37. The van der Waals surface area contributed by atoms with Crippen LogP contribution in [-0.2, 0) is 15.9 Å². The van der Waals surface area contributed by atoms with E-state index in [9.17, 15) is 17.6 Å². The van der Waals surface area contributed by atoms with Crippen LogP contribution in [0.3, 0.4) is 0 Å². The maximum Gasteiger partial charge on any atom is 0.313 e. The molecule has 2 aromatic carbocycles. The van der Waals surface area contributed by atoms with E-state index in [1.165, 1.54) is 43.3 Å². The van der Waals surface area contributed by atoms with Crippen LogP contribution < -0.4 is 4.18 Å². The maximum atomic E-state index is 12.8. The van der Waals surface area contributed by atoms with E-state index in [-0.39, 0.29) is 17.3 Å². The molecule has 0 fully saturated rings. The Balaban J connectivity index is 2.15. The van der Waals surface area contributed by atoms with E-state index < -0.39 is 15.9 Å². The van der Waals surface area contributed by atoms with Crippen LogP contribution in [0.25, 0.3) is 0 Å². The molecule has 21 heavy (non-hydrogen) atoms. The molecule has 0 heterocycles. The average Bonchev–Trinajstić information content (AvgIpc) is 2.41. The predicted molar refractivity (Wildman–Crippen MR) is 76.1 cm³/mol. The molecule has 2 rings (SSSR count). The van der Waals surface area contributed by atoms with E-state index in [2.05, 4.69) is 0 Å². The summed E-state index contributed by atoms with van der Waals surface area (Å²) in [6.45, 7) is 1.38. The van der Waals surface area contributed by atoms with Gasteiger partial charge in [-0.1, -0.05) is 24.3 Å². The first kappa shape index (κ1) is 15.2. The van der Waals surface area contributed by atoms with E-state index >= 15 is 0 Å². The average molecular weight is 308 g/mol. The largest absolute Gasteiger partial charge is 0.382 e. The topological polar surface area (TPSA) is 60.4 Å². The Morgan fingerprint density at radius 3 is 2.43 bits per heavy atom. The molecule has 0 aromatic heterocycles. The number of ketones is 1. The van der Waals surface area contributed by atoms with Crippen molar-refractivity contribution in [3.8, 4) is 5.75 Å². The van der Waals surface area contributed by atoms with E-state index in [1.54, 1.807) is 12.1 Å². The van der Waals surface area contributed by atoms with Gasteiger partial charge in [-0.15, -0.1) is 0 Å². The third kappa shape index (κ3) is 4.39. The van der Waals surface area contributed by atoms with Crippen LogP contribution >= 0.6 is 0 Å². The first-order chi connectivity index (χ1) is 9.85. The summed E-state index contributed by atoms with van der Waals surface area (Å²) >= 11 is 0. The summed E-state index contributed by atoms with van der Waals surface area (Å²) < 4.78 is 41.6. The molecule has 0 amide bonds. The lowest BCUT2D eigenvalue weighted by Crippen LogP contribution is -2.12. The van der Waals surface area contributed by atoms with Gasteiger partial charge in [0.15, 0.2) is 5.78 Å². The van der Waals surface area contributed by atoms with Crippen LogP contribution in [-0.4, -0.2) is 14.2 Å². The van der Waals surface area contributed by atoms with Crippen LogP contribution in [0, 0.1) is 5.82 Å². The van der Waals surface area contributed by atoms with Gasteiger partial charge in [-0.2, -0.15) is 8.42 Å². The quantitative estimate of drug-likeness (QED) is 0.629. The number of Topliss-reactive ketones (excluding diaryl/α,β-unsaturated/α-hetero) is 1. The van der Waals surface area contributed by atoms with Crippen molar-refractivity contribution in [2.24, 2.45) is 0 Å². The Hall–Kier alpha value is -2.21. The number of benzene rings is 2. The SMILES string of the molecule is CC(=O)c1cccc(OS(=O)(=O)Cc2ccc(F)cc2)c1. The third-order valence-corrected chi connectivity index (χ3v) is 3.85. The Morgan fingerprint density at radius 1 is 1.14 bits per heavy atom. The van der Waals surface area contributed by atoms with Gasteiger partial charge in [0.1, 0.15) is 17.3 Å².